The predicted molar refractivity (Wildman–Crippen MR) is 99.1 cm³/mol. The lowest BCUT2D eigenvalue weighted by atomic mass is 10.0. The molecule has 1 atom stereocenters. The van der Waals surface area contributed by atoms with Crippen LogP contribution in [0.5, 0.6) is 11.5 Å². The van der Waals surface area contributed by atoms with Crippen molar-refractivity contribution in [2.75, 3.05) is 14.2 Å². The molecule has 0 bridgehead atoms. The highest BCUT2D eigenvalue weighted by Gasteiger charge is 2.22. The molecule has 0 heterocycles. The molecule has 2 aromatic carbocycles. The largest absolute Gasteiger partial charge is 0.495 e. The van der Waals surface area contributed by atoms with E-state index < -0.39 is 0 Å². The number of benzene rings is 2. The Hall–Kier alpha value is -0.170. The van der Waals surface area contributed by atoms with Gasteiger partial charge in [-0.25, -0.2) is 0 Å². The van der Waals surface area contributed by atoms with Crippen molar-refractivity contribution in [2.24, 2.45) is 0 Å². The van der Waals surface area contributed by atoms with Crippen LogP contribution in [0.3, 0.4) is 0 Å². The molecule has 2 rings (SSSR count). The maximum absolute atomic E-state index is 6.66. The van der Waals surface area contributed by atoms with Crippen molar-refractivity contribution in [1.82, 2.24) is 0 Å². The van der Waals surface area contributed by atoms with Gasteiger partial charge < -0.3 is 9.47 Å². The summed E-state index contributed by atoms with van der Waals surface area (Å²) in [5.41, 5.74) is 1.80. The molecular weight excluding hydrogens is 490 g/mol. The van der Waals surface area contributed by atoms with Gasteiger partial charge in [-0.15, -0.1) is 11.6 Å². The van der Waals surface area contributed by atoms with Crippen molar-refractivity contribution in [3.05, 3.63) is 54.5 Å². The molecule has 0 aliphatic rings. The van der Waals surface area contributed by atoms with Crippen molar-refractivity contribution in [1.29, 1.82) is 0 Å². The van der Waals surface area contributed by atoms with Gasteiger partial charge in [0.15, 0.2) is 0 Å². The summed E-state index contributed by atoms with van der Waals surface area (Å²) in [7, 11) is 3.13. The zero-order valence-electron chi connectivity index (χ0n) is 11.3. The lowest BCUT2D eigenvalue weighted by molar-refractivity contribution is 0.392. The molecule has 0 aromatic heterocycles. The highest BCUT2D eigenvalue weighted by atomic mass is 127. The summed E-state index contributed by atoms with van der Waals surface area (Å²) in [6.07, 6.45) is 0. The van der Waals surface area contributed by atoms with Crippen LogP contribution in [0.25, 0.3) is 0 Å². The van der Waals surface area contributed by atoms with E-state index in [2.05, 4.69) is 38.5 Å². The zero-order valence-corrected chi connectivity index (χ0v) is 16.5. The molecule has 6 heteroatoms. The summed E-state index contributed by atoms with van der Waals surface area (Å²) < 4.78 is 12.7. The number of hydrogen-bond donors (Lipinski definition) is 0. The fourth-order valence-corrected chi connectivity index (χ4v) is 3.88. The summed E-state index contributed by atoms with van der Waals surface area (Å²) in [5.74, 6) is 1.09. The van der Waals surface area contributed by atoms with Crippen LogP contribution in [-0.4, -0.2) is 14.2 Å². The lowest BCUT2D eigenvalue weighted by Crippen LogP contribution is -2.01. The fourth-order valence-electron chi connectivity index (χ4n) is 1.99. The van der Waals surface area contributed by atoms with Crippen LogP contribution in [0.2, 0.25) is 5.02 Å². The quantitative estimate of drug-likeness (QED) is 0.375. The highest BCUT2D eigenvalue weighted by Crippen LogP contribution is 2.44. The molecule has 0 fully saturated rings. The number of rotatable bonds is 4. The van der Waals surface area contributed by atoms with E-state index >= 15 is 0 Å². The van der Waals surface area contributed by atoms with Gasteiger partial charge in [-0.3, -0.25) is 0 Å². The molecule has 2 nitrogen and oxygen atoms in total. The number of ether oxygens (including phenoxy) is 2. The van der Waals surface area contributed by atoms with E-state index in [0.717, 1.165) is 19.2 Å². The molecule has 1 unspecified atom stereocenters. The molecule has 0 aliphatic carbocycles. The van der Waals surface area contributed by atoms with Crippen LogP contribution in [0, 0.1) is 3.57 Å². The molecule has 0 spiro atoms. The number of halogens is 4. The molecule has 0 saturated carbocycles. The van der Waals surface area contributed by atoms with Crippen molar-refractivity contribution in [3.8, 4) is 11.5 Å². The van der Waals surface area contributed by atoms with Crippen molar-refractivity contribution in [2.45, 2.75) is 5.38 Å². The van der Waals surface area contributed by atoms with Crippen LogP contribution < -0.4 is 9.47 Å². The smallest absolute Gasteiger partial charge is 0.146 e. The highest BCUT2D eigenvalue weighted by molar-refractivity contribution is 14.1. The van der Waals surface area contributed by atoms with Crippen LogP contribution in [0.4, 0.5) is 0 Å². The minimum Gasteiger partial charge on any atom is -0.495 e. The minimum atomic E-state index is -0.368. The SMILES string of the molecule is COc1ccc(C(Cl)c2cc(Br)ccc2I)c(OC)c1Cl. The second-order valence-corrected chi connectivity index (χ2v) is 7.12. The van der Waals surface area contributed by atoms with Gasteiger partial charge in [0.2, 0.25) is 0 Å². The molecule has 2 aromatic rings. The average molecular weight is 502 g/mol. The van der Waals surface area contributed by atoms with Gasteiger partial charge in [0.05, 0.1) is 19.6 Å². The number of methoxy groups -OCH3 is 2. The predicted octanol–water partition coefficient (Wildman–Crippen LogP) is 6.05. The lowest BCUT2D eigenvalue weighted by Gasteiger charge is -2.18. The Morgan fingerprint density at radius 2 is 1.81 bits per heavy atom. The molecule has 0 radical (unpaired) electrons. The summed E-state index contributed by atoms with van der Waals surface area (Å²) in [4.78, 5) is 0. The maximum Gasteiger partial charge on any atom is 0.146 e. The molecule has 112 valence electrons. The van der Waals surface area contributed by atoms with Gasteiger partial charge in [-0.1, -0.05) is 27.5 Å². The molecular formula is C15H12BrCl2IO2. The monoisotopic (exact) mass is 500 g/mol. The van der Waals surface area contributed by atoms with Gasteiger partial charge in [-0.2, -0.15) is 0 Å². The first-order valence-electron chi connectivity index (χ1n) is 5.99. The summed E-state index contributed by atoms with van der Waals surface area (Å²) in [6.45, 7) is 0. The van der Waals surface area contributed by atoms with Crippen molar-refractivity contribution in [3.63, 3.8) is 0 Å². The van der Waals surface area contributed by atoms with E-state index in [9.17, 15) is 0 Å². The van der Waals surface area contributed by atoms with Crippen LogP contribution in [-0.2, 0) is 0 Å². The average Bonchev–Trinajstić information content (AvgIpc) is 2.48. The molecule has 0 N–H and O–H groups in total. The van der Waals surface area contributed by atoms with Gasteiger partial charge in [0, 0.05) is 13.6 Å². The fraction of sp³-hybridized carbons (Fsp3) is 0.200. The normalized spacial score (nSPS) is 12.1. The van der Waals surface area contributed by atoms with Gasteiger partial charge in [0.1, 0.15) is 16.5 Å². The Bertz CT molecular complexity index is 664. The van der Waals surface area contributed by atoms with E-state index in [-0.39, 0.29) is 5.38 Å². The second kappa shape index (κ2) is 7.40. The van der Waals surface area contributed by atoms with E-state index in [1.807, 2.05) is 24.3 Å². The van der Waals surface area contributed by atoms with Crippen molar-refractivity contribution < 1.29 is 9.47 Å². The van der Waals surface area contributed by atoms with E-state index in [1.54, 1.807) is 20.3 Å². The Morgan fingerprint density at radius 3 is 2.43 bits per heavy atom. The molecule has 0 saturated heterocycles. The molecule has 0 aliphatic heterocycles. The first-order valence-corrected chi connectivity index (χ1v) is 8.67. The molecule has 21 heavy (non-hydrogen) atoms. The summed E-state index contributed by atoms with van der Waals surface area (Å²) >= 11 is 18.7. The van der Waals surface area contributed by atoms with Gasteiger partial charge in [0.25, 0.3) is 0 Å². The van der Waals surface area contributed by atoms with Crippen LogP contribution in [0.15, 0.2) is 34.8 Å². The number of alkyl halides is 1. The first kappa shape index (κ1) is 17.2. The third-order valence-electron chi connectivity index (χ3n) is 3.02. The third kappa shape index (κ3) is 3.60. The maximum atomic E-state index is 6.66. The standard InChI is InChI=1S/C15H12BrCl2IO2/c1-20-12-6-4-9(15(21-2)14(12)18)13(17)10-7-8(16)3-5-11(10)19/h3-7,13H,1-2H3. The molecule has 0 amide bonds. The minimum absolute atomic E-state index is 0.368. The van der Waals surface area contributed by atoms with Gasteiger partial charge in [-0.05, 0) is 58.5 Å². The summed E-state index contributed by atoms with van der Waals surface area (Å²) in [5, 5.41) is 0.0564. The Morgan fingerprint density at radius 1 is 1.10 bits per heavy atom. The van der Waals surface area contributed by atoms with E-state index in [4.69, 9.17) is 32.7 Å². The topological polar surface area (TPSA) is 18.5 Å². The van der Waals surface area contributed by atoms with Crippen molar-refractivity contribution >= 4 is 61.7 Å². The Labute approximate surface area is 156 Å². The first-order chi connectivity index (χ1) is 9.99. The second-order valence-electron chi connectivity index (χ2n) is 4.23. The number of hydrogen-bond acceptors (Lipinski definition) is 2. The Kier molecular flexibility index (Phi) is 6.05. The third-order valence-corrected chi connectivity index (χ3v) is 5.32. The van der Waals surface area contributed by atoms with Gasteiger partial charge >= 0.3 is 0 Å². The Balaban J connectivity index is 2.55. The zero-order chi connectivity index (χ0) is 15.6. The van der Waals surface area contributed by atoms with E-state index in [1.165, 1.54) is 0 Å². The van der Waals surface area contributed by atoms with E-state index in [0.29, 0.717) is 16.5 Å². The van der Waals surface area contributed by atoms with Crippen LogP contribution in [0.1, 0.15) is 16.5 Å². The summed E-state index contributed by atoms with van der Waals surface area (Å²) in [6, 6.07) is 9.65. The van der Waals surface area contributed by atoms with Crippen LogP contribution >= 0.6 is 61.7 Å².